The number of hydrogen-bond donors (Lipinski definition) is 0. The highest BCUT2D eigenvalue weighted by atomic mass is 14.4. The summed E-state index contributed by atoms with van der Waals surface area (Å²) in [6.45, 7) is 4.76. The Morgan fingerprint density at radius 2 is 0.712 bits per heavy atom. The molecule has 0 saturated carbocycles. The fraction of sp³-hybridized carbons (Fsp3) is 0.0508. The third kappa shape index (κ3) is 5.09. The van der Waals surface area contributed by atoms with Gasteiger partial charge in [0.15, 0.2) is 0 Å². The highest BCUT2D eigenvalue weighted by Gasteiger charge is 2.37. The van der Waals surface area contributed by atoms with Crippen LogP contribution in [0.25, 0.3) is 109 Å². The predicted octanol–water partition coefficient (Wildman–Crippen LogP) is 16.4. The van der Waals surface area contributed by atoms with Crippen molar-refractivity contribution in [1.29, 1.82) is 0 Å². The minimum absolute atomic E-state index is 0.0971. The van der Waals surface area contributed by atoms with Gasteiger partial charge in [-0.2, -0.15) is 0 Å². The zero-order chi connectivity index (χ0) is 39.2. The van der Waals surface area contributed by atoms with E-state index >= 15 is 0 Å². The van der Waals surface area contributed by atoms with Gasteiger partial charge in [-0.25, -0.2) is 0 Å². The summed E-state index contributed by atoms with van der Waals surface area (Å²) in [5, 5.41) is 12.6. The van der Waals surface area contributed by atoms with Crippen LogP contribution in [0, 0.1) is 0 Å². The molecule has 11 aromatic carbocycles. The summed E-state index contributed by atoms with van der Waals surface area (Å²) in [6.07, 6.45) is 0. The van der Waals surface area contributed by atoms with Gasteiger partial charge in [0.1, 0.15) is 0 Å². The fourth-order valence-corrected chi connectivity index (χ4v) is 10.4. The number of fused-ring (bicyclic) bond motifs is 8. The van der Waals surface area contributed by atoms with E-state index in [1.54, 1.807) is 0 Å². The first-order valence-electron chi connectivity index (χ1n) is 20.8. The molecule has 0 unspecified atom stereocenters. The molecule has 0 saturated heterocycles. The van der Waals surface area contributed by atoms with E-state index in [2.05, 4.69) is 220 Å². The fourth-order valence-electron chi connectivity index (χ4n) is 10.4. The molecule has 59 heavy (non-hydrogen) atoms. The van der Waals surface area contributed by atoms with Crippen molar-refractivity contribution in [1.82, 2.24) is 0 Å². The molecule has 0 amide bonds. The standard InChI is InChI=1S/C59H40/c1-59(2)54-26-10-9-22-51(54)58-52(25-13-27-55(58)59)57-49-21-8-7-20-48(49)56(50-33-32-42(36-53(50)57)47-24-12-17-38-15-4-6-19-45(38)47)43-31-29-39-34-41(30-28-40(39)35-43)46-23-11-16-37-14-3-5-18-44(37)46/h3-36H,1-2H3. The molecule has 1 aliphatic rings. The van der Waals surface area contributed by atoms with Gasteiger partial charge in [-0.05, 0) is 139 Å². The van der Waals surface area contributed by atoms with E-state index in [9.17, 15) is 0 Å². The van der Waals surface area contributed by atoms with E-state index in [4.69, 9.17) is 0 Å². The van der Waals surface area contributed by atoms with Gasteiger partial charge in [0.05, 0.1) is 0 Å². The Balaban J connectivity index is 1.14. The van der Waals surface area contributed by atoms with Crippen LogP contribution in [0.5, 0.6) is 0 Å². The maximum absolute atomic E-state index is 2.48. The van der Waals surface area contributed by atoms with Crippen molar-refractivity contribution in [2.45, 2.75) is 19.3 Å². The molecule has 0 aliphatic heterocycles. The molecule has 0 radical (unpaired) electrons. The number of rotatable bonds is 4. The second-order valence-electron chi connectivity index (χ2n) is 16.8. The Morgan fingerprint density at radius 3 is 1.42 bits per heavy atom. The highest BCUT2D eigenvalue weighted by Crippen LogP contribution is 2.55. The molecular formula is C59H40. The monoisotopic (exact) mass is 748 g/mol. The lowest BCUT2D eigenvalue weighted by Gasteiger charge is -2.23. The van der Waals surface area contributed by atoms with E-state index in [-0.39, 0.29) is 5.41 Å². The average Bonchev–Trinajstić information content (AvgIpc) is 3.53. The third-order valence-electron chi connectivity index (χ3n) is 13.2. The summed E-state index contributed by atoms with van der Waals surface area (Å²) in [5.74, 6) is 0. The molecule has 11 aromatic rings. The molecule has 0 heteroatoms. The van der Waals surface area contributed by atoms with Gasteiger partial charge in [0, 0.05) is 5.41 Å². The molecule has 0 bridgehead atoms. The van der Waals surface area contributed by atoms with Crippen molar-refractivity contribution < 1.29 is 0 Å². The van der Waals surface area contributed by atoms with Gasteiger partial charge in [-0.15, -0.1) is 0 Å². The van der Waals surface area contributed by atoms with Crippen molar-refractivity contribution in [2.75, 3.05) is 0 Å². The first kappa shape index (κ1) is 33.8. The van der Waals surface area contributed by atoms with E-state index in [1.807, 2.05) is 0 Å². The smallest absolute Gasteiger partial charge is 0.0159 e. The lowest BCUT2D eigenvalue weighted by atomic mass is 9.80. The molecule has 1 aliphatic carbocycles. The van der Waals surface area contributed by atoms with Gasteiger partial charge < -0.3 is 0 Å². The molecule has 12 rings (SSSR count). The van der Waals surface area contributed by atoms with Gasteiger partial charge in [-0.3, -0.25) is 0 Å². The maximum Gasteiger partial charge on any atom is 0.0159 e. The third-order valence-corrected chi connectivity index (χ3v) is 13.2. The molecule has 0 nitrogen and oxygen atoms in total. The minimum atomic E-state index is -0.0971. The molecule has 0 aromatic heterocycles. The van der Waals surface area contributed by atoms with Crippen LogP contribution in [0.15, 0.2) is 206 Å². The Labute approximate surface area is 344 Å². The van der Waals surface area contributed by atoms with E-state index in [1.165, 1.54) is 121 Å². The van der Waals surface area contributed by atoms with Crippen LogP contribution in [0.4, 0.5) is 0 Å². The van der Waals surface area contributed by atoms with Crippen molar-refractivity contribution in [3.63, 3.8) is 0 Å². The lowest BCUT2D eigenvalue weighted by molar-refractivity contribution is 0.660. The summed E-state index contributed by atoms with van der Waals surface area (Å²) in [4.78, 5) is 0. The van der Waals surface area contributed by atoms with Crippen molar-refractivity contribution in [3.05, 3.63) is 217 Å². The summed E-state index contributed by atoms with van der Waals surface area (Å²) in [5.41, 5.74) is 15.5. The maximum atomic E-state index is 2.48. The largest absolute Gasteiger partial charge is 0.0619 e. The van der Waals surface area contributed by atoms with Crippen molar-refractivity contribution in [2.24, 2.45) is 0 Å². The van der Waals surface area contributed by atoms with Gasteiger partial charge in [0.25, 0.3) is 0 Å². The van der Waals surface area contributed by atoms with Crippen LogP contribution >= 0.6 is 0 Å². The van der Waals surface area contributed by atoms with Crippen LogP contribution in [-0.2, 0) is 5.41 Å². The normalized spacial score (nSPS) is 13.1. The highest BCUT2D eigenvalue weighted by molar-refractivity contribution is 6.24. The Bertz CT molecular complexity index is 3520. The summed E-state index contributed by atoms with van der Waals surface area (Å²) in [7, 11) is 0. The van der Waals surface area contributed by atoms with Crippen LogP contribution in [-0.4, -0.2) is 0 Å². The molecule has 0 atom stereocenters. The van der Waals surface area contributed by atoms with Crippen LogP contribution in [0.2, 0.25) is 0 Å². The summed E-state index contributed by atoms with van der Waals surface area (Å²) in [6, 6.07) is 77.1. The SMILES string of the molecule is CC1(C)c2ccccc2-c2c(-c3c4ccccc4c(-c4ccc5cc(-c6cccc7ccccc67)ccc5c4)c4ccc(-c5cccc6ccccc56)cc34)cccc21. The van der Waals surface area contributed by atoms with Gasteiger partial charge in [0.2, 0.25) is 0 Å². The Kier molecular flexibility index (Phi) is 7.38. The lowest BCUT2D eigenvalue weighted by Crippen LogP contribution is -2.14. The second kappa shape index (κ2) is 12.9. The van der Waals surface area contributed by atoms with Crippen LogP contribution < -0.4 is 0 Å². The molecular weight excluding hydrogens is 709 g/mol. The zero-order valence-corrected chi connectivity index (χ0v) is 33.1. The summed E-state index contributed by atoms with van der Waals surface area (Å²) < 4.78 is 0. The van der Waals surface area contributed by atoms with Gasteiger partial charge in [-0.1, -0.05) is 202 Å². The number of benzene rings is 11. The predicted molar refractivity (Wildman–Crippen MR) is 253 cm³/mol. The average molecular weight is 749 g/mol. The summed E-state index contributed by atoms with van der Waals surface area (Å²) >= 11 is 0. The topological polar surface area (TPSA) is 0 Å². The molecule has 0 fully saturated rings. The van der Waals surface area contributed by atoms with Gasteiger partial charge >= 0.3 is 0 Å². The Hall–Kier alpha value is -7.28. The molecule has 276 valence electrons. The van der Waals surface area contributed by atoms with E-state index in [0.717, 1.165) is 0 Å². The zero-order valence-electron chi connectivity index (χ0n) is 33.1. The second-order valence-corrected chi connectivity index (χ2v) is 16.8. The minimum Gasteiger partial charge on any atom is -0.0619 e. The van der Waals surface area contributed by atoms with Crippen molar-refractivity contribution in [3.8, 4) is 55.6 Å². The quantitative estimate of drug-likeness (QED) is 0.157. The Morgan fingerprint density at radius 1 is 0.254 bits per heavy atom. The van der Waals surface area contributed by atoms with E-state index in [0.29, 0.717) is 0 Å². The van der Waals surface area contributed by atoms with Crippen LogP contribution in [0.3, 0.4) is 0 Å². The molecule has 0 spiro atoms. The first-order chi connectivity index (χ1) is 29.0. The van der Waals surface area contributed by atoms with E-state index < -0.39 is 0 Å². The van der Waals surface area contributed by atoms with Crippen molar-refractivity contribution >= 4 is 53.9 Å². The molecule has 0 heterocycles. The first-order valence-corrected chi connectivity index (χ1v) is 20.8. The number of hydrogen-bond acceptors (Lipinski definition) is 0. The van der Waals surface area contributed by atoms with Crippen LogP contribution in [0.1, 0.15) is 25.0 Å². The molecule has 0 N–H and O–H groups in total.